The molecule has 1 aromatic carbocycles. The second-order valence-corrected chi connectivity index (χ2v) is 3.97. The second-order valence-electron chi connectivity index (χ2n) is 2.60. The summed E-state index contributed by atoms with van der Waals surface area (Å²) in [7, 11) is 0. The molecule has 3 heteroatoms. The number of benzene rings is 1. The summed E-state index contributed by atoms with van der Waals surface area (Å²) in [6, 6.07) is 11.9. The van der Waals surface area contributed by atoms with Crippen molar-refractivity contribution in [2.75, 3.05) is 6.61 Å². The van der Waals surface area contributed by atoms with Crippen LogP contribution in [0.15, 0.2) is 35.2 Å². The minimum Gasteiger partial charge on any atom is -0.395 e. The quantitative estimate of drug-likeness (QED) is 0.744. The van der Waals surface area contributed by atoms with Gasteiger partial charge >= 0.3 is 0 Å². The molecule has 13 heavy (non-hydrogen) atoms. The van der Waals surface area contributed by atoms with Gasteiger partial charge in [-0.15, -0.1) is 11.8 Å². The van der Waals surface area contributed by atoms with Crippen LogP contribution in [0.25, 0.3) is 0 Å². The average molecular weight is 193 g/mol. The summed E-state index contributed by atoms with van der Waals surface area (Å²) < 4.78 is 0. The number of aliphatic hydroxyl groups excluding tert-OH is 1. The number of thioether (sulfide) groups is 1. The number of nitrogens with zero attached hydrogens (tertiary/aromatic N) is 1. The number of nitriles is 1. The highest BCUT2D eigenvalue weighted by atomic mass is 32.2. The molecule has 0 fully saturated rings. The van der Waals surface area contributed by atoms with Gasteiger partial charge in [0.15, 0.2) is 0 Å². The first-order chi connectivity index (χ1) is 6.36. The molecule has 0 saturated carbocycles. The maximum absolute atomic E-state index is 8.95. The molecular formula is C10H11NOS. The lowest BCUT2D eigenvalue weighted by Gasteiger charge is -2.08. The smallest absolute Gasteiger partial charge is 0.0634 e. The average Bonchev–Trinajstić information content (AvgIpc) is 2.19. The zero-order valence-corrected chi connectivity index (χ0v) is 8.00. The number of rotatable bonds is 4. The molecule has 2 nitrogen and oxygen atoms in total. The van der Waals surface area contributed by atoms with E-state index in [9.17, 15) is 0 Å². The Hall–Kier alpha value is -0.980. The highest BCUT2D eigenvalue weighted by Gasteiger charge is 2.07. The maximum Gasteiger partial charge on any atom is 0.0634 e. The summed E-state index contributed by atoms with van der Waals surface area (Å²) in [5.41, 5.74) is 0. The summed E-state index contributed by atoms with van der Waals surface area (Å²) in [6.45, 7) is 0.0487. The summed E-state index contributed by atoms with van der Waals surface area (Å²) in [4.78, 5) is 1.09. The van der Waals surface area contributed by atoms with Crippen molar-refractivity contribution < 1.29 is 5.11 Å². The van der Waals surface area contributed by atoms with Crippen LogP contribution in [-0.2, 0) is 0 Å². The fourth-order valence-corrected chi connectivity index (χ4v) is 1.87. The van der Waals surface area contributed by atoms with E-state index in [4.69, 9.17) is 10.4 Å². The van der Waals surface area contributed by atoms with E-state index in [2.05, 4.69) is 6.07 Å². The van der Waals surface area contributed by atoms with Crippen LogP contribution < -0.4 is 0 Å². The lowest BCUT2D eigenvalue weighted by molar-refractivity contribution is 0.295. The molecular weight excluding hydrogens is 182 g/mol. The van der Waals surface area contributed by atoms with Crippen molar-refractivity contribution in [3.8, 4) is 6.07 Å². The van der Waals surface area contributed by atoms with E-state index >= 15 is 0 Å². The summed E-state index contributed by atoms with van der Waals surface area (Å²) in [6.07, 6.45) is 0.385. The van der Waals surface area contributed by atoms with Crippen molar-refractivity contribution in [2.45, 2.75) is 16.6 Å². The van der Waals surface area contributed by atoms with E-state index in [1.807, 2.05) is 30.3 Å². The van der Waals surface area contributed by atoms with E-state index in [0.29, 0.717) is 6.42 Å². The van der Waals surface area contributed by atoms with Crippen LogP contribution in [0.1, 0.15) is 6.42 Å². The standard InChI is InChI=1S/C10H11NOS/c11-7-6-10(8-12)13-9-4-2-1-3-5-9/h1-5,10,12H,6,8H2. The molecule has 1 rings (SSSR count). The van der Waals surface area contributed by atoms with Gasteiger partial charge in [-0.25, -0.2) is 0 Å². The first-order valence-corrected chi connectivity index (χ1v) is 4.94. The van der Waals surface area contributed by atoms with Gasteiger partial charge in [0.05, 0.1) is 12.7 Å². The van der Waals surface area contributed by atoms with Gasteiger partial charge in [0.25, 0.3) is 0 Å². The van der Waals surface area contributed by atoms with E-state index in [1.54, 1.807) is 11.8 Å². The van der Waals surface area contributed by atoms with Crippen molar-refractivity contribution in [2.24, 2.45) is 0 Å². The topological polar surface area (TPSA) is 44.0 Å². The van der Waals surface area contributed by atoms with Crippen LogP contribution in [0.5, 0.6) is 0 Å². The molecule has 0 saturated heterocycles. The summed E-state index contributed by atoms with van der Waals surface area (Å²) in [5, 5.41) is 17.4. The Bertz CT molecular complexity index is 281. The molecule has 0 aliphatic rings. The lowest BCUT2D eigenvalue weighted by Crippen LogP contribution is -2.06. The first kappa shape index (κ1) is 10.1. The Morgan fingerprint density at radius 2 is 2.08 bits per heavy atom. The SMILES string of the molecule is N#CCC(CO)Sc1ccccc1. The van der Waals surface area contributed by atoms with Crippen molar-refractivity contribution in [3.63, 3.8) is 0 Å². The molecule has 0 spiro atoms. The van der Waals surface area contributed by atoms with E-state index in [-0.39, 0.29) is 11.9 Å². The molecule has 0 heterocycles. The van der Waals surface area contributed by atoms with Gasteiger partial charge in [-0.2, -0.15) is 5.26 Å². The molecule has 0 amide bonds. The molecule has 1 N–H and O–H groups in total. The fourth-order valence-electron chi connectivity index (χ4n) is 0.937. The third kappa shape index (κ3) is 3.49. The van der Waals surface area contributed by atoms with Crippen LogP contribution >= 0.6 is 11.8 Å². The van der Waals surface area contributed by atoms with Crippen molar-refractivity contribution in [1.82, 2.24) is 0 Å². The first-order valence-electron chi connectivity index (χ1n) is 4.06. The Morgan fingerprint density at radius 1 is 1.38 bits per heavy atom. The third-order valence-electron chi connectivity index (χ3n) is 1.57. The van der Waals surface area contributed by atoms with Crippen LogP contribution in [0.2, 0.25) is 0 Å². The predicted octanol–water partition coefficient (Wildman–Crippen LogP) is 2.05. The van der Waals surface area contributed by atoms with Gasteiger partial charge < -0.3 is 5.11 Å². The highest BCUT2D eigenvalue weighted by molar-refractivity contribution is 8.00. The van der Waals surface area contributed by atoms with Gasteiger partial charge in [-0.05, 0) is 12.1 Å². The Balaban J connectivity index is 2.53. The molecule has 1 unspecified atom stereocenters. The molecule has 68 valence electrons. The molecule has 0 aliphatic heterocycles. The molecule has 0 bridgehead atoms. The Morgan fingerprint density at radius 3 is 2.62 bits per heavy atom. The normalized spacial score (nSPS) is 12.0. The number of hydrogen-bond acceptors (Lipinski definition) is 3. The van der Waals surface area contributed by atoms with Gasteiger partial charge in [-0.1, -0.05) is 18.2 Å². The fraction of sp³-hybridized carbons (Fsp3) is 0.300. The van der Waals surface area contributed by atoms with Crippen LogP contribution in [-0.4, -0.2) is 17.0 Å². The monoisotopic (exact) mass is 193 g/mol. The highest BCUT2D eigenvalue weighted by Crippen LogP contribution is 2.24. The van der Waals surface area contributed by atoms with Gasteiger partial charge in [0, 0.05) is 16.6 Å². The summed E-state index contributed by atoms with van der Waals surface area (Å²) in [5.74, 6) is 0. The number of hydrogen-bond donors (Lipinski definition) is 1. The lowest BCUT2D eigenvalue weighted by atomic mass is 10.3. The molecule has 1 aromatic rings. The van der Waals surface area contributed by atoms with Gasteiger partial charge in [-0.3, -0.25) is 0 Å². The van der Waals surface area contributed by atoms with E-state index in [1.165, 1.54) is 0 Å². The van der Waals surface area contributed by atoms with E-state index in [0.717, 1.165) is 4.90 Å². The third-order valence-corrected chi connectivity index (χ3v) is 2.76. The van der Waals surface area contributed by atoms with Crippen LogP contribution in [0.4, 0.5) is 0 Å². The Labute approximate surface area is 82.2 Å². The molecule has 0 radical (unpaired) electrons. The Kier molecular flexibility index (Phi) is 4.37. The van der Waals surface area contributed by atoms with Crippen LogP contribution in [0, 0.1) is 11.3 Å². The number of aliphatic hydroxyl groups is 1. The largest absolute Gasteiger partial charge is 0.395 e. The van der Waals surface area contributed by atoms with Gasteiger partial charge in [0.2, 0.25) is 0 Å². The zero-order valence-electron chi connectivity index (χ0n) is 7.18. The zero-order chi connectivity index (χ0) is 9.52. The van der Waals surface area contributed by atoms with Crippen molar-refractivity contribution >= 4 is 11.8 Å². The summed E-state index contributed by atoms with van der Waals surface area (Å²) >= 11 is 1.54. The van der Waals surface area contributed by atoms with Crippen molar-refractivity contribution in [3.05, 3.63) is 30.3 Å². The van der Waals surface area contributed by atoms with E-state index < -0.39 is 0 Å². The maximum atomic E-state index is 8.95. The molecule has 1 atom stereocenters. The van der Waals surface area contributed by atoms with Crippen molar-refractivity contribution in [1.29, 1.82) is 5.26 Å². The molecule has 0 aromatic heterocycles. The minimum atomic E-state index is -0.00704. The molecule has 0 aliphatic carbocycles. The van der Waals surface area contributed by atoms with Crippen LogP contribution in [0.3, 0.4) is 0 Å². The predicted molar refractivity (Wildman–Crippen MR) is 53.4 cm³/mol. The second kappa shape index (κ2) is 5.63. The minimum absolute atomic E-state index is 0.00704. The van der Waals surface area contributed by atoms with Gasteiger partial charge in [0.1, 0.15) is 0 Å².